The maximum absolute atomic E-state index is 15.6. The third-order valence-electron chi connectivity index (χ3n) is 6.92. The lowest BCUT2D eigenvalue weighted by Crippen LogP contribution is -2.47. The molecule has 0 unspecified atom stereocenters. The van der Waals surface area contributed by atoms with Crippen molar-refractivity contribution >= 4 is 17.5 Å². The average Bonchev–Trinajstić information content (AvgIpc) is 3.16. The summed E-state index contributed by atoms with van der Waals surface area (Å²) >= 11 is 6.50. The molecule has 0 aromatic heterocycles. The molecule has 0 N–H and O–H groups in total. The smallest absolute Gasteiger partial charge is 0.226 e. The highest BCUT2D eigenvalue weighted by atomic mass is 35.5. The Morgan fingerprint density at radius 2 is 1.90 bits per heavy atom. The van der Waals surface area contributed by atoms with Gasteiger partial charge in [0.1, 0.15) is 18.0 Å². The third-order valence-corrected chi connectivity index (χ3v) is 7.27. The lowest BCUT2D eigenvalue weighted by atomic mass is 9.68. The van der Waals surface area contributed by atoms with Gasteiger partial charge in [-0.05, 0) is 62.0 Å². The molecule has 0 radical (unpaired) electrons. The predicted octanol–water partition coefficient (Wildman–Crippen LogP) is 4.93. The van der Waals surface area contributed by atoms with Gasteiger partial charge in [-0.15, -0.1) is 0 Å². The fourth-order valence-corrected chi connectivity index (χ4v) is 5.28. The number of halogens is 2. The Kier molecular flexibility index (Phi) is 5.65. The quantitative estimate of drug-likeness (QED) is 0.672. The van der Waals surface area contributed by atoms with Gasteiger partial charge in [0.05, 0.1) is 6.54 Å². The minimum atomic E-state index is -1.48. The van der Waals surface area contributed by atoms with Gasteiger partial charge in [0.25, 0.3) is 0 Å². The molecule has 6 heteroatoms. The minimum Gasteiger partial charge on any atom is -0.491 e. The Morgan fingerprint density at radius 3 is 2.68 bits per heavy atom. The number of nitrogens with zero attached hydrogens (tertiary/aromatic N) is 2. The summed E-state index contributed by atoms with van der Waals surface area (Å²) in [4.78, 5) is 17.2. The molecule has 1 saturated heterocycles. The SMILES string of the molecule is O=C([C@H]1C[C@](F)(c2ccc(CN3CCCC3)c(Cl)c2)C1)N1CCOc2ccccc2C1. The number of rotatable bonds is 4. The van der Waals surface area contributed by atoms with E-state index < -0.39 is 5.67 Å². The molecule has 3 aliphatic rings. The fourth-order valence-electron chi connectivity index (χ4n) is 5.04. The number of amides is 1. The van der Waals surface area contributed by atoms with Gasteiger partial charge in [0.2, 0.25) is 5.91 Å². The molecule has 164 valence electrons. The number of hydrogen-bond donors (Lipinski definition) is 0. The highest BCUT2D eigenvalue weighted by molar-refractivity contribution is 6.31. The van der Waals surface area contributed by atoms with Crippen molar-refractivity contribution < 1.29 is 13.9 Å². The van der Waals surface area contributed by atoms with Crippen molar-refractivity contribution in [2.24, 2.45) is 5.92 Å². The van der Waals surface area contributed by atoms with Crippen LogP contribution in [0.5, 0.6) is 5.75 Å². The normalized spacial score (nSPS) is 26.0. The summed E-state index contributed by atoms with van der Waals surface area (Å²) in [5, 5.41) is 0.623. The van der Waals surface area contributed by atoms with Crippen molar-refractivity contribution in [1.82, 2.24) is 9.80 Å². The molecule has 5 rings (SSSR count). The van der Waals surface area contributed by atoms with Crippen LogP contribution in [0.2, 0.25) is 5.02 Å². The molecule has 31 heavy (non-hydrogen) atoms. The summed E-state index contributed by atoms with van der Waals surface area (Å²) in [6.07, 6.45) is 2.89. The summed E-state index contributed by atoms with van der Waals surface area (Å²) in [5.41, 5.74) is 1.16. The molecule has 0 bridgehead atoms. The maximum atomic E-state index is 15.6. The number of benzene rings is 2. The molecule has 4 nitrogen and oxygen atoms in total. The van der Waals surface area contributed by atoms with Crippen LogP contribution in [0.4, 0.5) is 4.39 Å². The van der Waals surface area contributed by atoms with E-state index in [4.69, 9.17) is 16.3 Å². The second-order valence-electron chi connectivity index (χ2n) is 9.08. The molecule has 2 aromatic rings. The van der Waals surface area contributed by atoms with E-state index in [0.29, 0.717) is 30.3 Å². The van der Waals surface area contributed by atoms with E-state index in [-0.39, 0.29) is 24.7 Å². The predicted molar refractivity (Wildman–Crippen MR) is 119 cm³/mol. The monoisotopic (exact) mass is 442 g/mol. The third kappa shape index (κ3) is 4.18. The van der Waals surface area contributed by atoms with Gasteiger partial charge in [0.15, 0.2) is 0 Å². The van der Waals surface area contributed by atoms with Gasteiger partial charge < -0.3 is 9.64 Å². The fraction of sp³-hybridized carbons (Fsp3) is 0.480. The van der Waals surface area contributed by atoms with Gasteiger partial charge in [-0.2, -0.15) is 0 Å². The standard InChI is InChI=1S/C25H28ClFN2O2/c26-22-13-21(8-7-18(22)16-28-9-3-4-10-28)25(27)14-20(15-25)24(30)29-11-12-31-23-6-2-1-5-19(23)17-29/h1-2,5-8,13,20H,3-4,9-12,14-17H2/t20-,25+. The average molecular weight is 443 g/mol. The van der Waals surface area contributed by atoms with E-state index in [1.54, 1.807) is 6.07 Å². The van der Waals surface area contributed by atoms with E-state index in [1.807, 2.05) is 41.3 Å². The van der Waals surface area contributed by atoms with Crippen LogP contribution in [-0.4, -0.2) is 41.9 Å². The lowest BCUT2D eigenvalue weighted by molar-refractivity contribution is -0.146. The van der Waals surface area contributed by atoms with Crippen LogP contribution < -0.4 is 4.74 Å². The van der Waals surface area contributed by atoms with Crippen LogP contribution in [0.15, 0.2) is 42.5 Å². The summed E-state index contributed by atoms with van der Waals surface area (Å²) in [6, 6.07) is 13.4. The number of fused-ring (bicyclic) bond motifs is 1. The molecule has 1 saturated carbocycles. The van der Waals surface area contributed by atoms with E-state index >= 15 is 4.39 Å². The first-order chi connectivity index (χ1) is 15.0. The topological polar surface area (TPSA) is 32.8 Å². The van der Waals surface area contributed by atoms with Crippen LogP contribution in [0, 0.1) is 5.92 Å². The molecule has 2 aromatic carbocycles. The number of carbonyl (C=O) groups is 1. The molecule has 0 spiro atoms. The van der Waals surface area contributed by atoms with E-state index in [2.05, 4.69) is 4.90 Å². The molecular weight excluding hydrogens is 415 g/mol. The Labute approximate surface area is 187 Å². The number of para-hydroxylation sites is 1. The Hall–Kier alpha value is -2.11. The van der Waals surface area contributed by atoms with Crippen LogP contribution in [0.25, 0.3) is 0 Å². The van der Waals surface area contributed by atoms with Gasteiger partial charge in [-0.3, -0.25) is 9.69 Å². The zero-order chi connectivity index (χ0) is 21.4. The second-order valence-corrected chi connectivity index (χ2v) is 9.48. The summed E-state index contributed by atoms with van der Waals surface area (Å²) in [7, 11) is 0. The lowest BCUT2D eigenvalue weighted by Gasteiger charge is -2.42. The molecule has 1 amide bonds. The Bertz CT molecular complexity index is 970. The van der Waals surface area contributed by atoms with Crippen molar-refractivity contribution in [3.63, 3.8) is 0 Å². The molecule has 2 fully saturated rings. The van der Waals surface area contributed by atoms with Crippen molar-refractivity contribution in [1.29, 1.82) is 0 Å². The van der Waals surface area contributed by atoms with Crippen LogP contribution in [0.3, 0.4) is 0 Å². The number of alkyl halides is 1. The first kappa shape index (κ1) is 20.8. The van der Waals surface area contributed by atoms with Crippen molar-refractivity contribution in [3.8, 4) is 5.75 Å². The van der Waals surface area contributed by atoms with E-state index in [0.717, 1.165) is 36.5 Å². The van der Waals surface area contributed by atoms with Crippen molar-refractivity contribution in [2.75, 3.05) is 26.2 Å². The zero-order valence-electron chi connectivity index (χ0n) is 17.7. The number of carbonyl (C=O) groups excluding carboxylic acids is 1. The largest absolute Gasteiger partial charge is 0.491 e. The number of ether oxygens (including phenoxy) is 1. The van der Waals surface area contributed by atoms with Gasteiger partial charge in [-0.1, -0.05) is 41.9 Å². The van der Waals surface area contributed by atoms with E-state index in [9.17, 15) is 4.79 Å². The second kappa shape index (κ2) is 8.44. The first-order valence-corrected chi connectivity index (χ1v) is 11.6. The Balaban J connectivity index is 1.23. The van der Waals surface area contributed by atoms with Crippen molar-refractivity contribution in [3.05, 3.63) is 64.2 Å². The van der Waals surface area contributed by atoms with E-state index in [1.165, 1.54) is 12.8 Å². The zero-order valence-corrected chi connectivity index (χ0v) is 18.4. The molecule has 1 aliphatic carbocycles. The highest BCUT2D eigenvalue weighted by Crippen LogP contribution is 2.50. The van der Waals surface area contributed by atoms with Crippen LogP contribution in [0.1, 0.15) is 42.4 Å². The van der Waals surface area contributed by atoms with Gasteiger partial charge in [-0.25, -0.2) is 4.39 Å². The highest BCUT2D eigenvalue weighted by Gasteiger charge is 2.50. The minimum absolute atomic E-state index is 0.0188. The summed E-state index contributed by atoms with van der Waals surface area (Å²) in [6.45, 7) is 4.52. The van der Waals surface area contributed by atoms with Crippen molar-refractivity contribution in [2.45, 2.75) is 44.4 Å². The maximum Gasteiger partial charge on any atom is 0.226 e. The number of likely N-dealkylation sites (tertiary alicyclic amines) is 1. The number of hydrogen-bond acceptors (Lipinski definition) is 3. The summed E-state index contributed by atoms with van der Waals surface area (Å²) < 4.78 is 21.3. The molecule has 2 heterocycles. The van der Waals surface area contributed by atoms with Gasteiger partial charge in [0, 0.05) is 29.6 Å². The van der Waals surface area contributed by atoms with Gasteiger partial charge >= 0.3 is 0 Å². The Morgan fingerprint density at radius 1 is 1.13 bits per heavy atom. The summed E-state index contributed by atoms with van der Waals surface area (Å²) in [5.74, 6) is 0.554. The molecule has 2 aliphatic heterocycles. The van der Waals surface area contributed by atoms with Crippen LogP contribution >= 0.6 is 11.6 Å². The van der Waals surface area contributed by atoms with Crippen LogP contribution in [-0.2, 0) is 23.6 Å². The first-order valence-electron chi connectivity index (χ1n) is 11.2. The molecular formula is C25H28ClFN2O2. The molecule has 0 atom stereocenters.